The van der Waals surface area contributed by atoms with Gasteiger partial charge in [0.1, 0.15) is 0 Å². The summed E-state index contributed by atoms with van der Waals surface area (Å²) in [6.45, 7) is 0. The number of carbonyl (C=O) groups excluding carboxylic acids is 1. The summed E-state index contributed by atoms with van der Waals surface area (Å²) in [4.78, 5) is 11.0. The van der Waals surface area contributed by atoms with Crippen LogP contribution in [-0.2, 0) is 4.79 Å². The molecule has 1 fully saturated rings. The highest BCUT2D eigenvalue weighted by atomic mass is 16.6. The van der Waals surface area contributed by atoms with E-state index in [4.69, 9.17) is 4.74 Å². The first-order chi connectivity index (χ1) is 5.36. The van der Waals surface area contributed by atoms with E-state index < -0.39 is 0 Å². The second kappa shape index (κ2) is 2.38. The average Bonchev–Trinajstić information content (AvgIpc) is 2.73. The number of rotatable bonds is 2. The summed E-state index contributed by atoms with van der Waals surface area (Å²) in [6, 6.07) is 1.51. The Bertz CT molecular complexity index is 251. The van der Waals surface area contributed by atoms with Crippen LogP contribution in [0.4, 0.5) is 0 Å². The van der Waals surface area contributed by atoms with Crippen molar-refractivity contribution in [3.05, 3.63) is 12.3 Å². The largest absolute Gasteiger partial charge is 0.391 e. The molecule has 0 spiro atoms. The van der Waals surface area contributed by atoms with Gasteiger partial charge in [0.05, 0.1) is 12.1 Å². The minimum Gasteiger partial charge on any atom is -0.391 e. The molecule has 0 aromatic carbocycles. The third-order valence-electron chi connectivity index (χ3n) is 1.53. The van der Waals surface area contributed by atoms with Crippen molar-refractivity contribution >= 4 is 5.97 Å². The van der Waals surface area contributed by atoms with Crippen molar-refractivity contribution in [3.63, 3.8) is 0 Å². The van der Waals surface area contributed by atoms with E-state index in [1.807, 2.05) is 0 Å². The van der Waals surface area contributed by atoms with Crippen LogP contribution in [0.5, 0.6) is 5.95 Å². The van der Waals surface area contributed by atoms with E-state index in [0.29, 0.717) is 0 Å². The van der Waals surface area contributed by atoms with Crippen molar-refractivity contribution in [2.45, 2.75) is 12.8 Å². The Morgan fingerprint density at radius 1 is 1.73 bits per heavy atom. The van der Waals surface area contributed by atoms with Gasteiger partial charge in [0.2, 0.25) is 0 Å². The Morgan fingerprint density at radius 2 is 2.55 bits per heavy atom. The standard InChI is InChI=1S/C7H7NO3/c9-7(5-1-2-5)10-6-3-4-8-11-6/h3-5H,1-2H2. The van der Waals surface area contributed by atoms with Crippen molar-refractivity contribution in [2.24, 2.45) is 5.92 Å². The SMILES string of the molecule is O=C(Oc1ccno1)C1CC1. The number of nitrogens with zero attached hydrogens (tertiary/aromatic N) is 1. The van der Waals surface area contributed by atoms with Crippen LogP contribution in [0.2, 0.25) is 0 Å². The third kappa shape index (κ3) is 1.39. The minimum absolute atomic E-state index is 0.0973. The molecule has 1 heterocycles. The quantitative estimate of drug-likeness (QED) is 0.594. The maximum absolute atomic E-state index is 11.0. The fraction of sp³-hybridized carbons (Fsp3) is 0.429. The van der Waals surface area contributed by atoms with Gasteiger partial charge in [-0.2, -0.15) is 0 Å². The van der Waals surface area contributed by atoms with Crippen LogP contribution in [0.3, 0.4) is 0 Å². The van der Waals surface area contributed by atoms with Crippen LogP contribution in [0, 0.1) is 5.92 Å². The Morgan fingerprint density at radius 3 is 3.09 bits per heavy atom. The molecule has 0 N–H and O–H groups in total. The summed E-state index contributed by atoms with van der Waals surface area (Å²) < 4.78 is 9.40. The number of esters is 1. The smallest absolute Gasteiger partial charge is 0.318 e. The average molecular weight is 153 g/mol. The Hall–Kier alpha value is -1.32. The van der Waals surface area contributed by atoms with Crippen LogP contribution in [0.25, 0.3) is 0 Å². The van der Waals surface area contributed by atoms with Gasteiger partial charge in [0.25, 0.3) is 0 Å². The molecule has 11 heavy (non-hydrogen) atoms. The predicted octanol–water partition coefficient (Wildman–Crippen LogP) is 0.990. The lowest BCUT2D eigenvalue weighted by atomic mass is 10.4. The first-order valence-electron chi connectivity index (χ1n) is 3.48. The second-order valence-electron chi connectivity index (χ2n) is 2.53. The Kier molecular flexibility index (Phi) is 1.38. The van der Waals surface area contributed by atoms with Crippen molar-refractivity contribution < 1.29 is 14.1 Å². The zero-order valence-electron chi connectivity index (χ0n) is 5.82. The molecule has 1 aromatic heterocycles. The van der Waals surface area contributed by atoms with Crippen molar-refractivity contribution in [2.75, 3.05) is 0 Å². The maximum Gasteiger partial charge on any atom is 0.318 e. The van der Waals surface area contributed by atoms with Crippen LogP contribution < -0.4 is 4.74 Å². The van der Waals surface area contributed by atoms with E-state index in [1.165, 1.54) is 12.3 Å². The van der Waals surface area contributed by atoms with Crippen molar-refractivity contribution in [3.8, 4) is 5.95 Å². The summed E-state index contributed by atoms with van der Waals surface area (Å²) in [6.07, 6.45) is 3.31. The molecular formula is C7H7NO3. The molecule has 2 rings (SSSR count). The molecule has 1 saturated carbocycles. The summed E-state index contributed by atoms with van der Waals surface area (Å²) in [5, 5.41) is 3.40. The number of carbonyl (C=O) groups is 1. The van der Waals surface area contributed by atoms with E-state index in [1.54, 1.807) is 0 Å². The molecule has 0 radical (unpaired) electrons. The fourth-order valence-electron chi connectivity index (χ4n) is 0.758. The van der Waals surface area contributed by atoms with E-state index in [-0.39, 0.29) is 17.8 Å². The van der Waals surface area contributed by atoms with Crippen LogP contribution in [0.1, 0.15) is 12.8 Å². The normalized spacial score (nSPS) is 16.4. The minimum atomic E-state index is -0.207. The first-order valence-corrected chi connectivity index (χ1v) is 3.48. The summed E-state index contributed by atoms with van der Waals surface area (Å²) >= 11 is 0. The van der Waals surface area contributed by atoms with Gasteiger partial charge in [-0.05, 0) is 12.8 Å². The predicted molar refractivity (Wildman–Crippen MR) is 34.9 cm³/mol. The number of hydrogen-bond acceptors (Lipinski definition) is 4. The zero-order chi connectivity index (χ0) is 7.68. The summed E-state index contributed by atoms with van der Waals surface area (Å²) in [5.74, 6) is 0.0729. The van der Waals surface area contributed by atoms with Gasteiger partial charge in [-0.3, -0.25) is 4.79 Å². The highest BCUT2D eigenvalue weighted by Gasteiger charge is 2.32. The Balaban J connectivity index is 1.94. The molecule has 1 aromatic rings. The van der Waals surface area contributed by atoms with Gasteiger partial charge >= 0.3 is 11.9 Å². The molecule has 0 atom stereocenters. The molecule has 0 amide bonds. The Labute approximate surface area is 63.1 Å². The lowest BCUT2D eigenvalue weighted by Gasteiger charge is -1.94. The van der Waals surface area contributed by atoms with Gasteiger partial charge in [-0.15, -0.1) is 0 Å². The molecule has 4 nitrogen and oxygen atoms in total. The molecule has 0 unspecified atom stereocenters. The monoisotopic (exact) mass is 153 g/mol. The molecule has 0 aliphatic heterocycles. The zero-order valence-corrected chi connectivity index (χ0v) is 5.82. The van der Waals surface area contributed by atoms with Crippen molar-refractivity contribution in [1.29, 1.82) is 0 Å². The lowest BCUT2D eigenvalue weighted by molar-refractivity contribution is -0.137. The van der Waals surface area contributed by atoms with E-state index in [9.17, 15) is 4.79 Å². The summed E-state index contributed by atoms with van der Waals surface area (Å²) in [5.41, 5.74) is 0. The van der Waals surface area contributed by atoms with E-state index in [0.717, 1.165) is 12.8 Å². The third-order valence-corrected chi connectivity index (χ3v) is 1.53. The first kappa shape index (κ1) is 6.39. The van der Waals surface area contributed by atoms with Gasteiger partial charge in [0, 0.05) is 6.07 Å². The van der Waals surface area contributed by atoms with Crippen LogP contribution in [0.15, 0.2) is 16.8 Å². The highest BCUT2D eigenvalue weighted by molar-refractivity contribution is 5.76. The second-order valence-corrected chi connectivity index (χ2v) is 2.53. The maximum atomic E-state index is 11.0. The molecule has 4 heteroatoms. The highest BCUT2D eigenvalue weighted by Crippen LogP contribution is 2.30. The molecular weight excluding hydrogens is 146 g/mol. The molecule has 0 bridgehead atoms. The van der Waals surface area contributed by atoms with Crippen molar-refractivity contribution in [1.82, 2.24) is 5.16 Å². The summed E-state index contributed by atoms with van der Waals surface area (Å²) in [7, 11) is 0. The van der Waals surface area contributed by atoms with Crippen LogP contribution in [-0.4, -0.2) is 11.1 Å². The fourth-order valence-corrected chi connectivity index (χ4v) is 0.758. The number of ether oxygens (including phenoxy) is 1. The van der Waals surface area contributed by atoms with Gasteiger partial charge in [0.15, 0.2) is 0 Å². The van der Waals surface area contributed by atoms with Gasteiger partial charge in [-0.1, -0.05) is 5.16 Å². The molecule has 1 aliphatic carbocycles. The topological polar surface area (TPSA) is 52.3 Å². The van der Waals surface area contributed by atoms with Crippen LogP contribution >= 0.6 is 0 Å². The molecule has 1 aliphatic rings. The lowest BCUT2D eigenvalue weighted by Crippen LogP contribution is -2.08. The van der Waals surface area contributed by atoms with E-state index in [2.05, 4.69) is 9.68 Å². The van der Waals surface area contributed by atoms with Gasteiger partial charge in [-0.25, -0.2) is 0 Å². The molecule has 58 valence electrons. The van der Waals surface area contributed by atoms with Gasteiger partial charge < -0.3 is 9.26 Å². The molecule has 0 saturated heterocycles. The number of aromatic nitrogens is 1. The number of hydrogen-bond donors (Lipinski definition) is 0. The van der Waals surface area contributed by atoms with E-state index >= 15 is 0 Å².